The van der Waals surface area contributed by atoms with E-state index >= 15 is 0 Å². The minimum Gasteiger partial charge on any atom is -0.378 e. The number of nitrogens with zero attached hydrogens (tertiary/aromatic N) is 3. The Balaban J connectivity index is 2.12. The van der Waals surface area contributed by atoms with E-state index in [0.29, 0.717) is 0 Å². The summed E-state index contributed by atoms with van der Waals surface area (Å²) in [5, 5.41) is 1.11. The van der Waals surface area contributed by atoms with Crippen LogP contribution >= 0.6 is 0 Å². The average Bonchev–Trinajstić information content (AvgIpc) is 2.69. The SMILES string of the molecule is Cc1nc(N2CCOCC2)c2cc(C)[nH]c2n1. The molecular weight excluding hydrogens is 216 g/mol. The molecule has 5 heteroatoms. The van der Waals surface area contributed by atoms with E-state index in [0.717, 1.165) is 54.7 Å². The third kappa shape index (κ3) is 1.86. The first kappa shape index (κ1) is 10.5. The summed E-state index contributed by atoms with van der Waals surface area (Å²) >= 11 is 0. The number of ether oxygens (including phenoxy) is 1. The predicted octanol–water partition coefficient (Wildman–Crippen LogP) is 1.41. The Bertz CT molecular complexity index is 543. The first-order valence-corrected chi connectivity index (χ1v) is 5.91. The van der Waals surface area contributed by atoms with Gasteiger partial charge in [-0.05, 0) is 19.9 Å². The molecule has 0 unspecified atom stereocenters. The van der Waals surface area contributed by atoms with Crippen molar-refractivity contribution in [3.8, 4) is 0 Å². The van der Waals surface area contributed by atoms with E-state index in [1.165, 1.54) is 0 Å². The van der Waals surface area contributed by atoms with Crippen LogP contribution in [0, 0.1) is 13.8 Å². The number of aryl methyl sites for hydroxylation is 2. The van der Waals surface area contributed by atoms with Crippen LogP contribution < -0.4 is 4.90 Å². The lowest BCUT2D eigenvalue weighted by atomic mass is 10.3. The van der Waals surface area contributed by atoms with Crippen molar-refractivity contribution < 1.29 is 4.74 Å². The maximum Gasteiger partial charge on any atom is 0.143 e. The molecule has 0 radical (unpaired) electrons. The molecule has 0 amide bonds. The molecule has 3 rings (SSSR count). The van der Waals surface area contributed by atoms with Gasteiger partial charge in [0.2, 0.25) is 0 Å². The molecule has 1 aliphatic rings. The van der Waals surface area contributed by atoms with Crippen molar-refractivity contribution in [1.82, 2.24) is 15.0 Å². The number of anilines is 1. The Labute approximate surface area is 99.8 Å². The topological polar surface area (TPSA) is 54.0 Å². The van der Waals surface area contributed by atoms with E-state index in [1.807, 2.05) is 13.8 Å². The highest BCUT2D eigenvalue weighted by Crippen LogP contribution is 2.25. The molecule has 90 valence electrons. The van der Waals surface area contributed by atoms with E-state index in [4.69, 9.17) is 4.74 Å². The number of aromatic nitrogens is 3. The highest BCUT2D eigenvalue weighted by molar-refractivity contribution is 5.88. The van der Waals surface area contributed by atoms with Crippen molar-refractivity contribution in [3.63, 3.8) is 0 Å². The van der Waals surface area contributed by atoms with Crippen LogP contribution in [0.25, 0.3) is 11.0 Å². The summed E-state index contributed by atoms with van der Waals surface area (Å²) in [4.78, 5) is 14.5. The molecule has 1 fully saturated rings. The van der Waals surface area contributed by atoms with Crippen LogP contribution in [0.5, 0.6) is 0 Å². The first-order chi connectivity index (χ1) is 8.24. The van der Waals surface area contributed by atoms with E-state index in [2.05, 4.69) is 25.9 Å². The maximum atomic E-state index is 5.38. The Hall–Kier alpha value is -1.62. The van der Waals surface area contributed by atoms with Gasteiger partial charge < -0.3 is 14.6 Å². The second-order valence-electron chi connectivity index (χ2n) is 4.41. The number of aromatic amines is 1. The average molecular weight is 232 g/mol. The van der Waals surface area contributed by atoms with Gasteiger partial charge in [-0.2, -0.15) is 0 Å². The van der Waals surface area contributed by atoms with Crippen LogP contribution in [0.1, 0.15) is 11.5 Å². The van der Waals surface area contributed by atoms with Crippen molar-refractivity contribution in [3.05, 3.63) is 17.6 Å². The number of morpholine rings is 1. The van der Waals surface area contributed by atoms with Gasteiger partial charge in [0.15, 0.2) is 0 Å². The van der Waals surface area contributed by atoms with Gasteiger partial charge in [0.1, 0.15) is 17.3 Å². The smallest absolute Gasteiger partial charge is 0.143 e. The second kappa shape index (κ2) is 4.00. The molecule has 0 saturated carbocycles. The summed E-state index contributed by atoms with van der Waals surface area (Å²) in [5.74, 6) is 1.83. The van der Waals surface area contributed by atoms with Gasteiger partial charge in [-0.3, -0.25) is 0 Å². The fourth-order valence-electron chi connectivity index (χ4n) is 2.25. The van der Waals surface area contributed by atoms with E-state index in [1.54, 1.807) is 0 Å². The summed E-state index contributed by atoms with van der Waals surface area (Å²) in [6.45, 7) is 7.31. The number of fused-ring (bicyclic) bond motifs is 1. The summed E-state index contributed by atoms with van der Waals surface area (Å²) in [7, 11) is 0. The molecule has 0 bridgehead atoms. The zero-order chi connectivity index (χ0) is 11.8. The molecule has 1 aliphatic heterocycles. The Kier molecular flexibility index (Phi) is 2.48. The molecule has 2 aromatic heterocycles. The molecule has 17 heavy (non-hydrogen) atoms. The zero-order valence-corrected chi connectivity index (χ0v) is 10.2. The highest BCUT2D eigenvalue weighted by atomic mass is 16.5. The number of hydrogen-bond donors (Lipinski definition) is 1. The fourth-order valence-corrected chi connectivity index (χ4v) is 2.25. The Morgan fingerprint density at radius 3 is 2.76 bits per heavy atom. The lowest BCUT2D eigenvalue weighted by Gasteiger charge is -2.28. The molecular formula is C12H16N4O. The molecule has 2 aromatic rings. The Morgan fingerprint density at radius 1 is 1.24 bits per heavy atom. The van der Waals surface area contributed by atoms with E-state index in [-0.39, 0.29) is 0 Å². The van der Waals surface area contributed by atoms with Gasteiger partial charge in [-0.1, -0.05) is 0 Å². The minimum absolute atomic E-state index is 0.772. The third-order valence-electron chi connectivity index (χ3n) is 3.02. The molecule has 1 N–H and O–H groups in total. The van der Waals surface area contributed by atoms with Gasteiger partial charge in [-0.15, -0.1) is 0 Å². The third-order valence-corrected chi connectivity index (χ3v) is 3.02. The van der Waals surface area contributed by atoms with Gasteiger partial charge in [-0.25, -0.2) is 9.97 Å². The number of nitrogens with one attached hydrogen (secondary N) is 1. The van der Waals surface area contributed by atoms with E-state index < -0.39 is 0 Å². The maximum absolute atomic E-state index is 5.38. The number of H-pyrrole nitrogens is 1. The molecule has 0 spiro atoms. The number of hydrogen-bond acceptors (Lipinski definition) is 4. The van der Waals surface area contributed by atoms with Gasteiger partial charge in [0.05, 0.1) is 18.6 Å². The van der Waals surface area contributed by atoms with Gasteiger partial charge in [0, 0.05) is 18.8 Å². The summed E-state index contributed by atoms with van der Waals surface area (Å²) < 4.78 is 5.38. The minimum atomic E-state index is 0.772. The van der Waals surface area contributed by atoms with Crippen LogP contribution in [-0.2, 0) is 4.74 Å². The van der Waals surface area contributed by atoms with Gasteiger partial charge in [0.25, 0.3) is 0 Å². The molecule has 5 nitrogen and oxygen atoms in total. The van der Waals surface area contributed by atoms with Crippen LogP contribution in [-0.4, -0.2) is 41.3 Å². The van der Waals surface area contributed by atoms with Crippen molar-refractivity contribution in [2.75, 3.05) is 31.2 Å². The van der Waals surface area contributed by atoms with Crippen molar-refractivity contribution in [2.24, 2.45) is 0 Å². The van der Waals surface area contributed by atoms with Crippen molar-refractivity contribution in [1.29, 1.82) is 0 Å². The summed E-state index contributed by atoms with van der Waals surface area (Å²) in [6.07, 6.45) is 0. The zero-order valence-electron chi connectivity index (χ0n) is 10.2. The molecule has 0 atom stereocenters. The monoisotopic (exact) mass is 232 g/mol. The lowest BCUT2D eigenvalue weighted by molar-refractivity contribution is 0.122. The number of rotatable bonds is 1. The summed E-state index contributed by atoms with van der Waals surface area (Å²) in [5.41, 5.74) is 2.05. The molecule has 1 saturated heterocycles. The van der Waals surface area contributed by atoms with E-state index in [9.17, 15) is 0 Å². The molecule has 3 heterocycles. The normalized spacial score (nSPS) is 16.7. The summed E-state index contributed by atoms with van der Waals surface area (Å²) in [6, 6.07) is 2.11. The first-order valence-electron chi connectivity index (χ1n) is 5.91. The van der Waals surface area contributed by atoms with Crippen LogP contribution in [0.15, 0.2) is 6.07 Å². The van der Waals surface area contributed by atoms with Crippen molar-refractivity contribution >= 4 is 16.9 Å². The lowest BCUT2D eigenvalue weighted by Crippen LogP contribution is -2.37. The fraction of sp³-hybridized carbons (Fsp3) is 0.500. The van der Waals surface area contributed by atoms with Crippen LogP contribution in [0.3, 0.4) is 0 Å². The molecule has 0 aliphatic carbocycles. The standard InChI is InChI=1S/C12H16N4O/c1-8-7-10-11(13-8)14-9(2)15-12(10)16-3-5-17-6-4-16/h7H,3-6H2,1-2H3,(H,13,14,15). The quantitative estimate of drug-likeness (QED) is 0.807. The second-order valence-corrected chi connectivity index (χ2v) is 4.41. The van der Waals surface area contributed by atoms with Crippen molar-refractivity contribution in [2.45, 2.75) is 13.8 Å². The predicted molar refractivity (Wildman–Crippen MR) is 66.4 cm³/mol. The van der Waals surface area contributed by atoms with Gasteiger partial charge >= 0.3 is 0 Å². The Morgan fingerprint density at radius 2 is 2.00 bits per heavy atom. The highest BCUT2D eigenvalue weighted by Gasteiger charge is 2.17. The van der Waals surface area contributed by atoms with Crippen LogP contribution in [0.4, 0.5) is 5.82 Å². The molecule has 0 aromatic carbocycles. The largest absolute Gasteiger partial charge is 0.378 e. The van der Waals surface area contributed by atoms with Crippen LogP contribution in [0.2, 0.25) is 0 Å².